The van der Waals surface area contributed by atoms with Crippen molar-refractivity contribution in [3.8, 4) is 0 Å². The van der Waals surface area contributed by atoms with Crippen LogP contribution in [0.25, 0.3) is 10.9 Å². The summed E-state index contributed by atoms with van der Waals surface area (Å²) >= 11 is 0. The number of amides is 3. The first kappa shape index (κ1) is 31.4. The average molecular weight is 601 g/mol. The van der Waals surface area contributed by atoms with Gasteiger partial charge in [-0.1, -0.05) is 56.5 Å². The summed E-state index contributed by atoms with van der Waals surface area (Å²) in [6.45, 7) is 11.5. The second-order valence-electron chi connectivity index (χ2n) is 12.7. The van der Waals surface area contributed by atoms with Gasteiger partial charge >= 0.3 is 0 Å². The number of para-hydroxylation sites is 1. The van der Waals surface area contributed by atoms with Gasteiger partial charge in [-0.3, -0.25) is 19.2 Å². The number of allylic oxidation sites excluding steroid dienone is 4. The Morgan fingerprint density at radius 2 is 1.77 bits per heavy atom. The topological polar surface area (TPSA) is 133 Å². The molecule has 234 valence electrons. The van der Waals surface area contributed by atoms with Crippen molar-refractivity contribution in [1.82, 2.24) is 20.9 Å². The number of hydrogen-bond donors (Lipinski definition) is 4. The van der Waals surface area contributed by atoms with E-state index in [1.165, 1.54) is 0 Å². The van der Waals surface area contributed by atoms with Gasteiger partial charge in [-0.05, 0) is 68.4 Å². The monoisotopic (exact) mass is 600 g/mol. The summed E-state index contributed by atoms with van der Waals surface area (Å²) in [5.74, 6) is -1.03. The number of nitrogens with one attached hydrogen (secondary N) is 4. The molecule has 1 aliphatic heterocycles. The Bertz CT molecular complexity index is 1540. The molecular formula is C35H44N4O5. The van der Waals surface area contributed by atoms with Crippen LogP contribution in [0.5, 0.6) is 0 Å². The van der Waals surface area contributed by atoms with E-state index in [4.69, 9.17) is 4.74 Å². The van der Waals surface area contributed by atoms with Crippen LogP contribution >= 0.6 is 0 Å². The first-order chi connectivity index (χ1) is 21.0. The molecule has 4 N–H and O–H groups in total. The molecule has 1 saturated carbocycles. The van der Waals surface area contributed by atoms with Crippen LogP contribution in [-0.2, 0) is 30.3 Å². The molecule has 0 radical (unpaired) electrons. The van der Waals surface area contributed by atoms with Gasteiger partial charge < -0.3 is 25.7 Å². The molecule has 4 atom stereocenters. The first-order valence-electron chi connectivity index (χ1n) is 15.7. The molecule has 44 heavy (non-hydrogen) atoms. The number of rotatable bonds is 12. The molecular weight excluding hydrogens is 556 g/mol. The highest BCUT2D eigenvalue weighted by Gasteiger charge is 2.50. The minimum Gasteiger partial charge on any atom is -0.361 e. The quantitative estimate of drug-likeness (QED) is 0.269. The normalized spacial score (nSPS) is 23.1. The fourth-order valence-corrected chi connectivity index (χ4v) is 6.62. The fourth-order valence-electron chi connectivity index (χ4n) is 6.62. The fraction of sp³-hybridized carbons (Fsp3) is 0.486. The van der Waals surface area contributed by atoms with Crippen molar-refractivity contribution in [2.45, 2.75) is 96.4 Å². The van der Waals surface area contributed by atoms with Gasteiger partial charge in [0, 0.05) is 35.5 Å². The van der Waals surface area contributed by atoms with Crippen LogP contribution in [0, 0.1) is 5.92 Å². The maximum atomic E-state index is 13.9. The molecule has 1 aromatic carbocycles. The number of ether oxygens (including phenoxy) is 1. The average Bonchev–Trinajstić information content (AvgIpc) is 3.31. The number of benzene rings is 1. The molecule has 2 heterocycles. The van der Waals surface area contributed by atoms with Crippen molar-refractivity contribution in [2.24, 2.45) is 5.92 Å². The Kier molecular flexibility index (Phi) is 9.25. The van der Waals surface area contributed by atoms with E-state index in [2.05, 4.69) is 27.5 Å². The Labute approximate surface area is 258 Å². The van der Waals surface area contributed by atoms with E-state index in [-0.39, 0.29) is 18.1 Å². The molecule has 1 aromatic heterocycles. The van der Waals surface area contributed by atoms with E-state index in [0.29, 0.717) is 30.9 Å². The van der Waals surface area contributed by atoms with Crippen molar-refractivity contribution in [3.63, 3.8) is 0 Å². The standard InChI is InChI=1S/C35H44N4O5/c1-6-25-20(2)15-27(21(25)3)33(42)37-22(4)32(41)39-30(17-24-18-36-28-14-10-9-13-26(24)28)34(43)38-29(16-23-11-7-8-12-23)31(40)35(5)19-44-35/h6,9-10,13-14,18,22-23,29-30,36H,2,7-8,11-12,15-17,19H2,1,3-5H3,(H,37,42)(H,38,43)(H,39,41). The molecule has 9 heteroatoms. The summed E-state index contributed by atoms with van der Waals surface area (Å²) in [7, 11) is 0. The first-order valence-corrected chi connectivity index (χ1v) is 15.7. The second-order valence-corrected chi connectivity index (χ2v) is 12.7. The van der Waals surface area contributed by atoms with Gasteiger partial charge in [0.25, 0.3) is 0 Å². The zero-order valence-corrected chi connectivity index (χ0v) is 26.2. The van der Waals surface area contributed by atoms with Crippen molar-refractivity contribution in [1.29, 1.82) is 0 Å². The zero-order chi connectivity index (χ0) is 31.6. The second kappa shape index (κ2) is 12.9. The molecule has 9 nitrogen and oxygen atoms in total. The SMILES string of the molecule is C=C1CC(C(=O)NC(C)C(=O)NC(Cc2c[nH]c3ccccc23)C(=O)NC(CC2CCCC2)C(=O)C2(C)CO2)=C(C)C1=CC. The largest absolute Gasteiger partial charge is 0.361 e. The molecule has 3 aliphatic rings. The summed E-state index contributed by atoms with van der Waals surface area (Å²) < 4.78 is 5.45. The van der Waals surface area contributed by atoms with Gasteiger partial charge in [-0.25, -0.2) is 0 Å². The third-order valence-electron chi connectivity index (χ3n) is 9.44. The van der Waals surface area contributed by atoms with E-state index in [1.807, 2.05) is 50.4 Å². The predicted molar refractivity (Wildman–Crippen MR) is 170 cm³/mol. The number of aromatic amines is 1. The van der Waals surface area contributed by atoms with Gasteiger partial charge in [0.15, 0.2) is 5.78 Å². The molecule has 3 amide bonds. The van der Waals surface area contributed by atoms with Crippen molar-refractivity contribution >= 4 is 34.4 Å². The van der Waals surface area contributed by atoms with E-state index in [1.54, 1.807) is 13.8 Å². The number of epoxide rings is 1. The van der Waals surface area contributed by atoms with Crippen LogP contribution in [0.4, 0.5) is 0 Å². The lowest BCUT2D eigenvalue weighted by Crippen LogP contribution is -2.57. The number of hydrogen-bond acceptors (Lipinski definition) is 5. The minimum absolute atomic E-state index is 0.127. The van der Waals surface area contributed by atoms with E-state index >= 15 is 0 Å². The number of ketones is 1. The number of fused-ring (bicyclic) bond motifs is 1. The van der Waals surface area contributed by atoms with Crippen molar-refractivity contribution in [3.05, 3.63) is 71.0 Å². The summed E-state index contributed by atoms with van der Waals surface area (Å²) in [5.41, 5.74) is 4.16. The van der Waals surface area contributed by atoms with Gasteiger partial charge in [0.05, 0.1) is 12.6 Å². The molecule has 0 bridgehead atoms. The van der Waals surface area contributed by atoms with E-state index in [9.17, 15) is 19.2 Å². The van der Waals surface area contributed by atoms with Crippen LogP contribution in [0.1, 0.15) is 71.8 Å². The maximum absolute atomic E-state index is 13.9. The summed E-state index contributed by atoms with van der Waals surface area (Å²) in [4.78, 5) is 57.2. The lowest BCUT2D eigenvalue weighted by Gasteiger charge is -2.26. The number of Topliss-reactive ketones (excluding diaryl/α,β-unsaturated/α-hetero) is 1. The van der Waals surface area contributed by atoms with E-state index < -0.39 is 35.5 Å². The summed E-state index contributed by atoms with van der Waals surface area (Å²) in [6, 6.07) is 5.17. The van der Waals surface area contributed by atoms with Crippen LogP contribution in [0.15, 0.2) is 65.4 Å². The molecule has 2 aromatic rings. The Hall–Kier alpha value is -3.98. The third kappa shape index (κ3) is 6.73. The van der Waals surface area contributed by atoms with Crippen molar-refractivity contribution in [2.75, 3.05) is 6.61 Å². The van der Waals surface area contributed by atoms with Crippen molar-refractivity contribution < 1.29 is 23.9 Å². The molecule has 2 fully saturated rings. The Morgan fingerprint density at radius 3 is 2.43 bits per heavy atom. The zero-order valence-electron chi connectivity index (χ0n) is 26.2. The van der Waals surface area contributed by atoms with E-state index in [0.717, 1.165) is 58.9 Å². The van der Waals surface area contributed by atoms with Crippen LogP contribution in [-0.4, -0.2) is 58.8 Å². The highest BCUT2D eigenvalue weighted by atomic mass is 16.6. The molecule has 5 rings (SSSR count). The number of carbonyl (C=O) groups is 4. The number of aromatic nitrogens is 1. The van der Waals surface area contributed by atoms with Gasteiger partial charge in [0.2, 0.25) is 17.7 Å². The number of H-pyrrole nitrogens is 1. The van der Waals surface area contributed by atoms with Gasteiger partial charge in [0.1, 0.15) is 17.7 Å². The molecule has 4 unspecified atom stereocenters. The molecule has 0 spiro atoms. The molecule has 1 saturated heterocycles. The minimum atomic E-state index is -0.977. The van der Waals surface area contributed by atoms with Gasteiger partial charge in [-0.15, -0.1) is 0 Å². The van der Waals surface area contributed by atoms with Crippen LogP contribution in [0.3, 0.4) is 0 Å². The number of carbonyl (C=O) groups excluding carboxylic acids is 4. The highest BCUT2D eigenvalue weighted by Crippen LogP contribution is 2.35. The Morgan fingerprint density at radius 1 is 1.09 bits per heavy atom. The van der Waals surface area contributed by atoms with Crippen LogP contribution in [0.2, 0.25) is 0 Å². The third-order valence-corrected chi connectivity index (χ3v) is 9.44. The predicted octanol–water partition coefficient (Wildman–Crippen LogP) is 4.35. The lowest BCUT2D eigenvalue weighted by molar-refractivity contribution is -0.134. The summed E-state index contributed by atoms with van der Waals surface area (Å²) in [6.07, 6.45) is 9.26. The highest BCUT2D eigenvalue weighted by molar-refractivity contribution is 6.01. The Balaban J connectivity index is 1.34. The lowest BCUT2D eigenvalue weighted by atomic mass is 9.90. The van der Waals surface area contributed by atoms with Crippen LogP contribution < -0.4 is 16.0 Å². The smallest absolute Gasteiger partial charge is 0.248 e. The van der Waals surface area contributed by atoms with Gasteiger partial charge in [-0.2, -0.15) is 0 Å². The summed E-state index contributed by atoms with van der Waals surface area (Å²) in [5, 5.41) is 9.63. The maximum Gasteiger partial charge on any atom is 0.248 e. The molecule has 2 aliphatic carbocycles.